The monoisotopic (exact) mass is 382 g/mol. The number of hydrogen-bond donors (Lipinski definition) is 2. The summed E-state index contributed by atoms with van der Waals surface area (Å²) in [6.45, 7) is 0.382. The second kappa shape index (κ2) is 7.26. The Bertz CT molecular complexity index is 986. The van der Waals surface area contributed by atoms with Crippen LogP contribution >= 0.6 is 0 Å². The van der Waals surface area contributed by atoms with Crippen LogP contribution in [0.4, 0.5) is 10.1 Å². The number of aromatic nitrogens is 2. The Morgan fingerprint density at radius 2 is 2.11 bits per heavy atom. The van der Waals surface area contributed by atoms with Crippen LogP contribution in [0.15, 0.2) is 41.4 Å². The van der Waals surface area contributed by atoms with Crippen molar-refractivity contribution in [2.45, 2.75) is 25.2 Å². The third-order valence-corrected chi connectivity index (χ3v) is 4.85. The predicted molar refractivity (Wildman–Crippen MR) is 102 cm³/mol. The van der Waals surface area contributed by atoms with Crippen LogP contribution in [0.2, 0.25) is 0 Å². The first-order chi connectivity index (χ1) is 13.5. The number of ether oxygens (including phenoxy) is 1. The largest absolute Gasteiger partial charge is 0.421 e. The number of aliphatic imine (C=N–C) groups is 1. The molecule has 0 spiro atoms. The van der Waals surface area contributed by atoms with Gasteiger partial charge in [-0.15, -0.1) is 0 Å². The summed E-state index contributed by atoms with van der Waals surface area (Å²) in [6, 6.07) is 4.79. The molecule has 2 heterocycles. The van der Waals surface area contributed by atoms with Gasteiger partial charge >= 0.3 is 6.01 Å². The quantitative estimate of drug-likeness (QED) is 0.819. The minimum Gasteiger partial charge on any atom is -0.421 e. The number of carbonyl (C=O) groups excluding carboxylic acids is 1. The molecular weight excluding hydrogens is 363 g/mol. The van der Waals surface area contributed by atoms with Crippen LogP contribution in [0.3, 0.4) is 0 Å². The van der Waals surface area contributed by atoms with Crippen LogP contribution < -0.4 is 21.1 Å². The van der Waals surface area contributed by atoms with E-state index in [1.165, 1.54) is 12.3 Å². The first-order valence-corrected chi connectivity index (χ1v) is 8.92. The van der Waals surface area contributed by atoms with Gasteiger partial charge in [0.05, 0.1) is 12.2 Å². The molecule has 28 heavy (non-hydrogen) atoms. The van der Waals surface area contributed by atoms with Crippen LogP contribution in [-0.2, 0) is 0 Å². The minimum absolute atomic E-state index is 0.00490. The Hall–Kier alpha value is -3.49. The number of primary amides is 1. The van der Waals surface area contributed by atoms with Crippen molar-refractivity contribution in [2.75, 3.05) is 11.4 Å². The van der Waals surface area contributed by atoms with Crippen molar-refractivity contribution < 1.29 is 13.9 Å². The van der Waals surface area contributed by atoms with Gasteiger partial charge in [0.15, 0.2) is 11.6 Å². The molecule has 9 heteroatoms. The number of halogens is 1. The van der Waals surface area contributed by atoms with Crippen molar-refractivity contribution in [3.63, 3.8) is 0 Å². The highest BCUT2D eigenvalue weighted by atomic mass is 19.1. The first kappa shape index (κ1) is 17.9. The lowest BCUT2D eigenvalue weighted by Gasteiger charge is -2.29. The fourth-order valence-electron chi connectivity index (χ4n) is 3.19. The van der Waals surface area contributed by atoms with E-state index in [-0.39, 0.29) is 29.2 Å². The van der Waals surface area contributed by atoms with Crippen molar-refractivity contribution in [3.05, 3.63) is 53.5 Å². The van der Waals surface area contributed by atoms with Gasteiger partial charge in [0.1, 0.15) is 11.5 Å². The Kier molecular flexibility index (Phi) is 4.64. The number of anilines is 1. The smallest absolute Gasteiger partial charge is 0.322 e. The number of nitrogens with two attached hydrogens (primary N) is 2. The Morgan fingerprint density at radius 1 is 1.29 bits per heavy atom. The topological polar surface area (TPSA) is 120 Å². The maximum atomic E-state index is 15.5. The Morgan fingerprint density at radius 3 is 2.79 bits per heavy atom. The number of hydrogen-bond acceptors (Lipinski definition) is 7. The van der Waals surface area contributed by atoms with Crippen molar-refractivity contribution in [3.8, 4) is 11.8 Å². The molecule has 1 saturated carbocycles. The van der Waals surface area contributed by atoms with E-state index >= 15 is 4.39 Å². The lowest BCUT2D eigenvalue weighted by molar-refractivity contribution is 0.0994. The molecule has 0 unspecified atom stereocenters. The molecule has 4 rings (SSSR count). The normalized spacial score (nSPS) is 16.5. The van der Waals surface area contributed by atoms with Gasteiger partial charge in [-0.2, -0.15) is 4.98 Å². The van der Waals surface area contributed by atoms with E-state index in [1.54, 1.807) is 23.4 Å². The Labute approximate surface area is 160 Å². The van der Waals surface area contributed by atoms with Gasteiger partial charge in [-0.05, 0) is 30.9 Å². The fourth-order valence-corrected chi connectivity index (χ4v) is 3.19. The van der Waals surface area contributed by atoms with E-state index in [0.717, 1.165) is 24.8 Å². The first-order valence-electron chi connectivity index (χ1n) is 8.92. The minimum atomic E-state index is -0.714. The van der Waals surface area contributed by atoms with Crippen LogP contribution in [0.25, 0.3) is 0 Å². The lowest BCUT2D eigenvalue weighted by Crippen LogP contribution is -2.25. The zero-order valence-corrected chi connectivity index (χ0v) is 15.0. The van der Waals surface area contributed by atoms with Crippen LogP contribution in [0, 0.1) is 5.82 Å². The average molecular weight is 382 g/mol. The molecule has 0 bridgehead atoms. The molecule has 0 saturated heterocycles. The summed E-state index contributed by atoms with van der Waals surface area (Å²) in [7, 11) is 0. The maximum Gasteiger partial charge on any atom is 0.322 e. The zero-order chi connectivity index (χ0) is 19.7. The fraction of sp³-hybridized carbons (Fsp3) is 0.263. The average Bonchev–Trinajstić information content (AvgIpc) is 2.63. The number of benzene rings is 1. The number of nitrogens with zero attached hydrogens (tertiary/aromatic N) is 4. The number of amides is 1. The van der Waals surface area contributed by atoms with Gasteiger partial charge in [-0.25, -0.2) is 14.4 Å². The molecule has 144 valence electrons. The second-order valence-electron chi connectivity index (χ2n) is 6.65. The third kappa shape index (κ3) is 3.38. The van der Waals surface area contributed by atoms with Crippen molar-refractivity contribution in [1.82, 2.24) is 9.97 Å². The summed E-state index contributed by atoms with van der Waals surface area (Å²) in [4.78, 5) is 24.9. The summed E-state index contributed by atoms with van der Waals surface area (Å²) in [5, 5.41) is 0. The molecule has 1 aliphatic heterocycles. The van der Waals surface area contributed by atoms with E-state index in [9.17, 15) is 4.79 Å². The standard InChI is InChI=1S/C19H19FN6O2/c20-16-14(26-9-8-23-15(21)10-26)5-4-12(11-2-1-3-11)17(16)28-19-24-7-6-13(25-19)18(22)27/h4-8,10-11H,1-3,9,21H2,(H2,22,27). The third-order valence-electron chi connectivity index (χ3n) is 4.85. The van der Waals surface area contributed by atoms with Gasteiger partial charge in [0.25, 0.3) is 5.91 Å². The summed E-state index contributed by atoms with van der Waals surface area (Å²) in [5.41, 5.74) is 12.0. The number of carbonyl (C=O) groups is 1. The molecule has 2 aromatic rings. The van der Waals surface area contributed by atoms with Gasteiger partial charge in [0, 0.05) is 24.2 Å². The highest BCUT2D eigenvalue weighted by Gasteiger charge is 2.28. The highest BCUT2D eigenvalue weighted by molar-refractivity contribution is 5.90. The number of rotatable bonds is 5. The van der Waals surface area contributed by atoms with E-state index < -0.39 is 11.7 Å². The maximum absolute atomic E-state index is 15.5. The summed E-state index contributed by atoms with van der Waals surface area (Å²) in [6.07, 6.45) is 7.52. The second-order valence-corrected chi connectivity index (χ2v) is 6.65. The molecule has 1 aliphatic carbocycles. The highest BCUT2D eigenvalue weighted by Crippen LogP contribution is 2.45. The summed E-state index contributed by atoms with van der Waals surface area (Å²) < 4.78 is 21.2. The molecule has 1 amide bonds. The summed E-state index contributed by atoms with van der Waals surface area (Å²) in [5.74, 6) is -0.709. The molecule has 4 N–H and O–H groups in total. The van der Waals surface area contributed by atoms with Gasteiger partial charge in [0.2, 0.25) is 0 Å². The van der Waals surface area contributed by atoms with Crippen LogP contribution in [-0.4, -0.2) is 28.6 Å². The molecule has 2 aliphatic rings. The Balaban J connectivity index is 1.75. The van der Waals surface area contributed by atoms with Crippen molar-refractivity contribution >= 4 is 17.8 Å². The van der Waals surface area contributed by atoms with Gasteiger partial charge in [-0.1, -0.05) is 12.5 Å². The SMILES string of the molecule is NC(=O)c1ccnc(Oc2c(C3CCC3)ccc(N3C=C(N)N=CC3)c2F)n1. The molecule has 1 aromatic carbocycles. The molecule has 8 nitrogen and oxygen atoms in total. The lowest BCUT2D eigenvalue weighted by atomic mass is 9.79. The van der Waals surface area contributed by atoms with Crippen molar-refractivity contribution in [2.24, 2.45) is 16.5 Å². The predicted octanol–water partition coefficient (Wildman–Crippen LogP) is 2.42. The zero-order valence-electron chi connectivity index (χ0n) is 15.0. The van der Waals surface area contributed by atoms with E-state index in [2.05, 4.69) is 15.0 Å². The van der Waals surface area contributed by atoms with Gasteiger partial charge < -0.3 is 21.1 Å². The van der Waals surface area contributed by atoms with E-state index in [0.29, 0.717) is 12.2 Å². The van der Waals surface area contributed by atoms with Crippen LogP contribution in [0.5, 0.6) is 11.8 Å². The molecule has 1 fully saturated rings. The van der Waals surface area contributed by atoms with Crippen molar-refractivity contribution in [1.29, 1.82) is 0 Å². The molecular formula is C19H19FN6O2. The molecule has 1 aromatic heterocycles. The molecule has 0 radical (unpaired) electrons. The molecule has 0 atom stereocenters. The summed E-state index contributed by atoms with van der Waals surface area (Å²) >= 11 is 0. The van der Waals surface area contributed by atoms with Gasteiger partial charge in [-0.3, -0.25) is 4.79 Å². The van der Waals surface area contributed by atoms with Crippen LogP contribution in [0.1, 0.15) is 41.2 Å². The van der Waals surface area contributed by atoms with E-state index in [1.807, 2.05) is 6.07 Å². The van der Waals surface area contributed by atoms with E-state index in [4.69, 9.17) is 16.2 Å².